The van der Waals surface area contributed by atoms with E-state index in [4.69, 9.17) is 9.97 Å². The third-order valence-corrected chi connectivity index (χ3v) is 6.89. The molecule has 0 atom stereocenters. The zero-order chi connectivity index (χ0) is 23.9. The molecule has 2 nitrogen and oxygen atoms in total. The quantitative estimate of drug-likeness (QED) is 0.247. The van der Waals surface area contributed by atoms with Crippen LogP contribution in [0.3, 0.4) is 0 Å². The van der Waals surface area contributed by atoms with Crippen LogP contribution in [0.25, 0.3) is 66.2 Å². The summed E-state index contributed by atoms with van der Waals surface area (Å²) >= 11 is 0. The lowest BCUT2D eigenvalue weighted by Gasteiger charge is -2.13. The van der Waals surface area contributed by atoms with Crippen LogP contribution in [0.2, 0.25) is 0 Å². The minimum atomic E-state index is 0.737. The highest BCUT2D eigenvalue weighted by molar-refractivity contribution is 6.12. The fraction of sp³-hybridized carbons (Fsp3) is 0. The Hall–Kier alpha value is -4.82. The molecule has 0 amide bonds. The molecular formula is C34H22N2. The van der Waals surface area contributed by atoms with Crippen LogP contribution in [0.5, 0.6) is 0 Å². The lowest BCUT2D eigenvalue weighted by Crippen LogP contribution is -1.96. The third kappa shape index (κ3) is 3.43. The molecule has 0 fully saturated rings. The van der Waals surface area contributed by atoms with Crippen LogP contribution < -0.4 is 0 Å². The maximum atomic E-state index is 5.19. The van der Waals surface area contributed by atoms with Gasteiger partial charge in [-0.05, 0) is 33.4 Å². The Labute approximate surface area is 209 Å². The van der Waals surface area contributed by atoms with E-state index in [2.05, 4.69) is 127 Å². The van der Waals surface area contributed by atoms with Crippen molar-refractivity contribution in [2.24, 2.45) is 0 Å². The molecule has 0 saturated heterocycles. The van der Waals surface area contributed by atoms with Crippen molar-refractivity contribution < 1.29 is 0 Å². The van der Waals surface area contributed by atoms with E-state index >= 15 is 0 Å². The van der Waals surface area contributed by atoms with E-state index in [0.717, 1.165) is 38.9 Å². The molecule has 6 aromatic carbocycles. The molecule has 168 valence electrons. The van der Waals surface area contributed by atoms with Crippen molar-refractivity contribution in [3.8, 4) is 33.8 Å². The molecule has 7 aromatic rings. The van der Waals surface area contributed by atoms with E-state index in [1.165, 1.54) is 27.3 Å². The highest BCUT2D eigenvalue weighted by Crippen LogP contribution is 2.36. The van der Waals surface area contributed by atoms with Crippen LogP contribution in [0.4, 0.5) is 0 Å². The van der Waals surface area contributed by atoms with Crippen LogP contribution in [-0.2, 0) is 0 Å². The fourth-order valence-corrected chi connectivity index (χ4v) is 5.07. The van der Waals surface area contributed by atoms with Crippen molar-refractivity contribution in [2.75, 3.05) is 0 Å². The van der Waals surface area contributed by atoms with Crippen LogP contribution in [0.15, 0.2) is 133 Å². The van der Waals surface area contributed by atoms with Gasteiger partial charge in [-0.3, -0.25) is 0 Å². The summed E-state index contributed by atoms with van der Waals surface area (Å²) in [5.41, 5.74) is 6.45. The van der Waals surface area contributed by atoms with Crippen LogP contribution in [-0.4, -0.2) is 9.97 Å². The maximum absolute atomic E-state index is 5.19. The average Bonchev–Trinajstić information content (AvgIpc) is 2.97. The minimum absolute atomic E-state index is 0.737. The third-order valence-electron chi connectivity index (χ3n) is 6.89. The van der Waals surface area contributed by atoms with Gasteiger partial charge in [-0.1, -0.05) is 127 Å². The first-order valence-corrected chi connectivity index (χ1v) is 12.2. The van der Waals surface area contributed by atoms with Crippen molar-refractivity contribution in [1.82, 2.24) is 9.97 Å². The molecule has 0 aliphatic heterocycles. The van der Waals surface area contributed by atoms with Crippen LogP contribution in [0, 0.1) is 0 Å². The van der Waals surface area contributed by atoms with E-state index in [1.807, 2.05) is 6.07 Å². The van der Waals surface area contributed by atoms with Gasteiger partial charge in [0.15, 0.2) is 5.82 Å². The highest BCUT2D eigenvalue weighted by atomic mass is 14.9. The molecule has 1 heterocycles. The van der Waals surface area contributed by atoms with Gasteiger partial charge in [0, 0.05) is 21.9 Å². The number of aromatic nitrogens is 2. The van der Waals surface area contributed by atoms with Crippen molar-refractivity contribution in [1.29, 1.82) is 0 Å². The van der Waals surface area contributed by atoms with Gasteiger partial charge in [-0.2, -0.15) is 0 Å². The molecule has 0 saturated carbocycles. The maximum Gasteiger partial charge on any atom is 0.160 e. The van der Waals surface area contributed by atoms with Gasteiger partial charge in [-0.15, -0.1) is 0 Å². The van der Waals surface area contributed by atoms with E-state index in [0.29, 0.717) is 0 Å². The van der Waals surface area contributed by atoms with Crippen molar-refractivity contribution >= 4 is 32.4 Å². The molecule has 0 aliphatic carbocycles. The first-order chi connectivity index (χ1) is 17.8. The summed E-state index contributed by atoms with van der Waals surface area (Å²) in [6.45, 7) is 0. The van der Waals surface area contributed by atoms with Crippen molar-refractivity contribution in [3.05, 3.63) is 133 Å². The van der Waals surface area contributed by atoms with Gasteiger partial charge in [0.05, 0.1) is 11.2 Å². The Balaban J connectivity index is 1.50. The van der Waals surface area contributed by atoms with Gasteiger partial charge >= 0.3 is 0 Å². The molecule has 0 spiro atoms. The smallest absolute Gasteiger partial charge is 0.160 e. The Morgan fingerprint density at radius 2 is 0.972 bits per heavy atom. The predicted octanol–water partition coefficient (Wildman–Crippen LogP) is 8.94. The largest absolute Gasteiger partial charge is 0.227 e. The Morgan fingerprint density at radius 3 is 1.78 bits per heavy atom. The molecule has 2 heteroatoms. The topological polar surface area (TPSA) is 25.8 Å². The first-order valence-electron chi connectivity index (χ1n) is 12.2. The van der Waals surface area contributed by atoms with Crippen LogP contribution in [0.1, 0.15) is 0 Å². The summed E-state index contributed by atoms with van der Waals surface area (Å²) in [6.07, 6.45) is 0. The molecule has 36 heavy (non-hydrogen) atoms. The molecule has 0 aliphatic rings. The summed E-state index contributed by atoms with van der Waals surface area (Å²) in [6, 6.07) is 46.7. The number of benzene rings is 6. The summed E-state index contributed by atoms with van der Waals surface area (Å²) in [5, 5.41) is 5.78. The van der Waals surface area contributed by atoms with E-state index in [1.54, 1.807) is 0 Å². The lowest BCUT2D eigenvalue weighted by atomic mass is 9.97. The SMILES string of the molecule is c1ccc(-c2ccc(-c3nc(-c4cccc5ccccc45)c4ccc5ccccc5c4n3)cc2)cc1. The number of hydrogen-bond donors (Lipinski definition) is 0. The molecule has 0 radical (unpaired) electrons. The van der Waals surface area contributed by atoms with Crippen molar-refractivity contribution in [3.63, 3.8) is 0 Å². The zero-order valence-electron chi connectivity index (χ0n) is 19.6. The van der Waals surface area contributed by atoms with E-state index in [-0.39, 0.29) is 0 Å². The second-order valence-corrected chi connectivity index (χ2v) is 9.05. The molecule has 7 rings (SSSR count). The number of fused-ring (bicyclic) bond motifs is 4. The van der Waals surface area contributed by atoms with E-state index in [9.17, 15) is 0 Å². The molecule has 0 N–H and O–H groups in total. The first kappa shape index (κ1) is 20.5. The molecular weight excluding hydrogens is 436 g/mol. The standard InChI is InChI=1S/C34H22N2/c1-2-9-23(10-3-1)24-17-19-27(20-18-24)34-35-32-29-15-7-5-12-26(29)21-22-31(32)33(36-34)30-16-8-13-25-11-4-6-14-28(25)30/h1-22H. The normalized spacial score (nSPS) is 11.3. The molecule has 0 bridgehead atoms. The average molecular weight is 459 g/mol. The highest BCUT2D eigenvalue weighted by Gasteiger charge is 2.15. The monoisotopic (exact) mass is 458 g/mol. The summed E-state index contributed by atoms with van der Waals surface area (Å²) in [4.78, 5) is 10.3. The summed E-state index contributed by atoms with van der Waals surface area (Å²) < 4.78 is 0. The van der Waals surface area contributed by atoms with Crippen molar-refractivity contribution in [2.45, 2.75) is 0 Å². The second-order valence-electron chi connectivity index (χ2n) is 9.05. The number of nitrogens with zero attached hydrogens (tertiary/aromatic N) is 2. The second kappa shape index (κ2) is 8.44. The summed E-state index contributed by atoms with van der Waals surface area (Å²) in [5.74, 6) is 0.737. The van der Waals surface area contributed by atoms with Gasteiger partial charge in [0.25, 0.3) is 0 Å². The van der Waals surface area contributed by atoms with Gasteiger partial charge in [0.2, 0.25) is 0 Å². The zero-order valence-corrected chi connectivity index (χ0v) is 19.6. The predicted molar refractivity (Wildman–Crippen MR) is 151 cm³/mol. The van der Waals surface area contributed by atoms with Gasteiger partial charge in [0.1, 0.15) is 0 Å². The molecule has 1 aromatic heterocycles. The Bertz CT molecular complexity index is 1870. The van der Waals surface area contributed by atoms with Crippen LogP contribution >= 0.6 is 0 Å². The number of hydrogen-bond acceptors (Lipinski definition) is 2. The summed E-state index contributed by atoms with van der Waals surface area (Å²) in [7, 11) is 0. The molecule has 0 unspecified atom stereocenters. The van der Waals surface area contributed by atoms with Gasteiger partial charge < -0.3 is 0 Å². The fourth-order valence-electron chi connectivity index (χ4n) is 5.07. The minimum Gasteiger partial charge on any atom is -0.227 e. The number of rotatable bonds is 3. The van der Waals surface area contributed by atoms with Gasteiger partial charge in [-0.25, -0.2) is 9.97 Å². The van der Waals surface area contributed by atoms with E-state index < -0.39 is 0 Å². The Kier molecular flexibility index (Phi) is 4.82. The lowest BCUT2D eigenvalue weighted by molar-refractivity contribution is 1.24. The Morgan fingerprint density at radius 1 is 0.361 bits per heavy atom.